The first-order chi connectivity index (χ1) is 10.3. The van der Waals surface area contributed by atoms with Crippen molar-refractivity contribution in [3.63, 3.8) is 0 Å². The summed E-state index contributed by atoms with van der Waals surface area (Å²) in [7, 11) is 0. The number of nitrogens with one attached hydrogen (secondary N) is 1. The summed E-state index contributed by atoms with van der Waals surface area (Å²) in [6.07, 6.45) is 2.32. The zero-order valence-electron chi connectivity index (χ0n) is 12.2. The zero-order chi connectivity index (χ0) is 14.5. The predicted octanol–water partition coefficient (Wildman–Crippen LogP) is 3.85. The second-order valence-electron chi connectivity index (χ2n) is 5.55. The molecule has 0 unspecified atom stereocenters. The molecule has 2 aromatic carbocycles. The van der Waals surface area contributed by atoms with Crippen molar-refractivity contribution < 1.29 is 0 Å². The summed E-state index contributed by atoms with van der Waals surface area (Å²) in [5.41, 5.74) is 4.13. The molecule has 21 heavy (non-hydrogen) atoms. The average molecular weight is 301 g/mol. The van der Waals surface area contributed by atoms with Crippen LogP contribution in [-0.2, 0) is 12.8 Å². The Hall–Kier alpha value is -1.51. The lowest BCUT2D eigenvalue weighted by Crippen LogP contribution is -2.31. The van der Waals surface area contributed by atoms with Gasteiger partial charge in [-0.1, -0.05) is 41.9 Å². The molecule has 0 aromatic heterocycles. The van der Waals surface area contributed by atoms with Crippen LogP contribution in [0, 0.1) is 0 Å². The second kappa shape index (κ2) is 6.97. The fourth-order valence-corrected chi connectivity index (χ4v) is 3.08. The van der Waals surface area contributed by atoms with Gasteiger partial charge in [0.2, 0.25) is 0 Å². The molecule has 1 aliphatic rings. The molecular weight excluding hydrogens is 280 g/mol. The predicted molar refractivity (Wildman–Crippen MR) is 90.2 cm³/mol. The van der Waals surface area contributed by atoms with Gasteiger partial charge in [-0.15, -0.1) is 0 Å². The maximum absolute atomic E-state index is 6.00. The number of nitrogens with zero attached hydrogens (tertiary/aromatic N) is 1. The molecule has 0 radical (unpaired) electrons. The first kappa shape index (κ1) is 14.4. The van der Waals surface area contributed by atoms with E-state index in [1.807, 2.05) is 18.2 Å². The van der Waals surface area contributed by atoms with E-state index in [-0.39, 0.29) is 0 Å². The molecule has 3 heteroatoms. The minimum atomic E-state index is 0.783. The summed E-state index contributed by atoms with van der Waals surface area (Å²) in [4.78, 5) is 2.54. The molecule has 0 spiro atoms. The van der Waals surface area contributed by atoms with Crippen LogP contribution in [0.3, 0.4) is 0 Å². The standard InChI is InChI=1S/C18H21ClN2/c19-17-6-3-7-18(14-17)20-10-13-21-11-8-15-4-1-2-5-16(15)9-12-21/h1-7,14,20H,8-13H2. The Morgan fingerprint density at radius 2 is 1.67 bits per heavy atom. The van der Waals surface area contributed by atoms with E-state index in [4.69, 9.17) is 11.6 Å². The first-order valence-electron chi connectivity index (χ1n) is 7.60. The topological polar surface area (TPSA) is 15.3 Å². The Morgan fingerprint density at radius 1 is 0.952 bits per heavy atom. The van der Waals surface area contributed by atoms with E-state index in [0.717, 1.165) is 49.7 Å². The highest BCUT2D eigenvalue weighted by molar-refractivity contribution is 6.30. The number of rotatable bonds is 4. The Kier molecular flexibility index (Phi) is 4.79. The maximum atomic E-state index is 6.00. The molecule has 0 amide bonds. The van der Waals surface area contributed by atoms with Crippen molar-refractivity contribution in [1.29, 1.82) is 0 Å². The Morgan fingerprint density at radius 3 is 2.33 bits per heavy atom. The molecule has 0 atom stereocenters. The van der Waals surface area contributed by atoms with Crippen LogP contribution in [0.5, 0.6) is 0 Å². The first-order valence-corrected chi connectivity index (χ1v) is 7.98. The van der Waals surface area contributed by atoms with Gasteiger partial charge in [-0.2, -0.15) is 0 Å². The molecule has 3 rings (SSSR count). The molecule has 0 fully saturated rings. The van der Waals surface area contributed by atoms with Gasteiger partial charge in [-0.05, 0) is 42.2 Å². The van der Waals surface area contributed by atoms with Crippen molar-refractivity contribution in [1.82, 2.24) is 4.90 Å². The van der Waals surface area contributed by atoms with Crippen molar-refractivity contribution in [3.8, 4) is 0 Å². The zero-order valence-corrected chi connectivity index (χ0v) is 12.9. The number of anilines is 1. The lowest BCUT2D eigenvalue weighted by atomic mass is 10.0. The van der Waals surface area contributed by atoms with Gasteiger partial charge < -0.3 is 10.2 Å². The van der Waals surface area contributed by atoms with Crippen LogP contribution in [0.4, 0.5) is 5.69 Å². The molecule has 2 nitrogen and oxygen atoms in total. The monoisotopic (exact) mass is 300 g/mol. The number of fused-ring (bicyclic) bond motifs is 1. The molecule has 1 aliphatic heterocycles. The molecule has 0 saturated carbocycles. The van der Waals surface area contributed by atoms with Crippen LogP contribution in [-0.4, -0.2) is 31.1 Å². The van der Waals surface area contributed by atoms with E-state index in [1.54, 1.807) is 0 Å². The van der Waals surface area contributed by atoms with Crippen LogP contribution < -0.4 is 5.32 Å². The fraction of sp³-hybridized carbons (Fsp3) is 0.333. The number of benzene rings is 2. The van der Waals surface area contributed by atoms with Gasteiger partial charge in [0, 0.05) is 36.9 Å². The van der Waals surface area contributed by atoms with Crippen molar-refractivity contribution in [2.75, 3.05) is 31.5 Å². The van der Waals surface area contributed by atoms with E-state index >= 15 is 0 Å². The third kappa shape index (κ3) is 3.99. The third-order valence-electron chi connectivity index (χ3n) is 4.09. The van der Waals surface area contributed by atoms with E-state index in [9.17, 15) is 0 Å². The Bertz CT molecular complexity index is 570. The summed E-state index contributed by atoms with van der Waals surface area (Å²) < 4.78 is 0. The molecule has 1 heterocycles. The van der Waals surface area contributed by atoms with Gasteiger partial charge in [-0.3, -0.25) is 0 Å². The highest BCUT2D eigenvalue weighted by Gasteiger charge is 2.12. The highest BCUT2D eigenvalue weighted by Crippen LogP contribution is 2.16. The largest absolute Gasteiger partial charge is 0.384 e. The minimum absolute atomic E-state index is 0.783. The van der Waals surface area contributed by atoms with Gasteiger partial charge >= 0.3 is 0 Å². The number of halogens is 1. The lowest BCUT2D eigenvalue weighted by molar-refractivity contribution is 0.298. The summed E-state index contributed by atoms with van der Waals surface area (Å²) >= 11 is 6.00. The summed E-state index contributed by atoms with van der Waals surface area (Å²) in [6.45, 7) is 4.32. The SMILES string of the molecule is Clc1cccc(NCCN2CCc3ccccc3CC2)c1. The quantitative estimate of drug-likeness (QED) is 0.922. The third-order valence-corrected chi connectivity index (χ3v) is 4.33. The van der Waals surface area contributed by atoms with E-state index in [2.05, 4.69) is 40.5 Å². The van der Waals surface area contributed by atoms with E-state index in [1.165, 1.54) is 11.1 Å². The fourth-order valence-electron chi connectivity index (χ4n) is 2.89. The molecule has 0 bridgehead atoms. The van der Waals surface area contributed by atoms with Crippen LogP contribution in [0.1, 0.15) is 11.1 Å². The molecule has 1 N–H and O–H groups in total. The van der Waals surface area contributed by atoms with E-state index in [0.29, 0.717) is 0 Å². The molecule has 2 aromatic rings. The normalized spacial score (nSPS) is 15.3. The summed E-state index contributed by atoms with van der Waals surface area (Å²) in [6, 6.07) is 16.7. The second-order valence-corrected chi connectivity index (χ2v) is 5.98. The van der Waals surface area contributed by atoms with Crippen LogP contribution in [0.2, 0.25) is 5.02 Å². The van der Waals surface area contributed by atoms with Gasteiger partial charge in [0.05, 0.1) is 0 Å². The number of hydrogen-bond acceptors (Lipinski definition) is 2. The van der Waals surface area contributed by atoms with Crippen LogP contribution in [0.15, 0.2) is 48.5 Å². The molecular formula is C18H21ClN2. The van der Waals surface area contributed by atoms with Gasteiger partial charge in [0.1, 0.15) is 0 Å². The van der Waals surface area contributed by atoms with Crippen LogP contribution in [0.25, 0.3) is 0 Å². The Balaban J connectivity index is 1.49. The lowest BCUT2D eigenvalue weighted by Gasteiger charge is -2.20. The van der Waals surface area contributed by atoms with Gasteiger partial charge in [0.15, 0.2) is 0 Å². The van der Waals surface area contributed by atoms with Crippen molar-refractivity contribution >= 4 is 17.3 Å². The smallest absolute Gasteiger partial charge is 0.0426 e. The Labute approximate surface area is 131 Å². The summed E-state index contributed by atoms with van der Waals surface area (Å²) in [5.74, 6) is 0. The highest BCUT2D eigenvalue weighted by atomic mass is 35.5. The van der Waals surface area contributed by atoms with Crippen molar-refractivity contribution in [2.45, 2.75) is 12.8 Å². The van der Waals surface area contributed by atoms with Crippen molar-refractivity contribution in [2.24, 2.45) is 0 Å². The maximum Gasteiger partial charge on any atom is 0.0426 e. The van der Waals surface area contributed by atoms with Gasteiger partial charge in [-0.25, -0.2) is 0 Å². The van der Waals surface area contributed by atoms with Gasteiger partial charge in [0.25, 0.3) is 0 Å². The van der Waals surface area contributed by atoms with Crippen molar-refractivity contribution in [3.05, 3.63) is 64.7 Å². The van der Waals surface area contributed by atoms with Crippen LogP contribution >= 0.6 is 11.6 Å². The molecule has 0 aliphatic carbocycles. The molecule has 110 valence electrons. The average Bonchev–Trinajstić information content (AvgIpc) is 2.70. The minimum Gasteiger partial charge on any atom is -0.384 e. The summed E-state index contributed by atoms with van der Waals surface area (Å²) in [5, 5.41) is 4.23. The van der Waals surface area contributed by atoms with E-state index < -0.39 is 0 Å². The molecule has 0 saturated heterocycles. The number of hydrogen-bond donors (Lipinski definition) is 1.